The van der Waals surface area contributed by atoms with Gasteiger partial charge in [0.05, 0.1) is 0 Å². The summed E-state index contributed by atoms with van der Waals surface area (Å²) in [6, 6.07) is 5.32. The lowest BCUT2D eigenvalue weighted by molar-refractivity contribution is 0.267. The summed E-state index contributed by atoms with van der Waals surface area (Å²) in [5.74, 6) is 0.559. The molecule has 0 radical (unpaired) electrons. The lowest BCUT2D eigenvalue weighted by Crippen LogP contribution is -2.42. The normalized spacial score (nSPS) is 14.8. The molecule has 0 fully saturated rings. The van der Waals surface area contributed by atoms with Crippen LogP contribution in [-0.4, -0.2) is 24.8 Å². The van der Waals surface area contributed by atoms with Gasteiger partial charge in [-0.3, -0.25) is 10.3 Å². The van der Waals surface area contributed by atoms with E-state index in [9.17, 15) is 4.39 Å². The summed E-state index contributed by atoms with van der Waals surface area (Å²) in [5.41, 5.74) is 1.44. The Labute approximate surface area is 134 Å². The first kappa shape index (κ1) is 18.6. The average molecular weight is 307 g/mol. The molecule has 0 spiro atoms. The lowest BCUT2D eigenvalue weighted by Gasteiger charge is -2.32. The highest BCUT2D eigenvalue weighted by Gasteiger charge is 2.25. The van der Waals surface area contributed by atoms with Crippen LogP contribution in [0.2, 0.25) is 0 Å². The second-order valence-electron chi connectivity index (χ2n) is 7.23. The monoisotopic (exact) mass is 307 g/mol. The van der Waals surface area contributed by atoms with Crippen LogP contribution in [0.4, 0.5) is 4.39 Å². The van der Waals surface area contributed by atoms with E-state index in [0.717, 1.165) is 12.0 Å². The zero-order chi connectivity index (χ0) is 17.1. The third-order valence-electron chi connectivity index (χ3n) is 4.04. The predicted molar refractivity (Wildman–Crippen MR) is 91.9 cm³/mol. The number of amidine groups is 1. The van der Waals surface area contributed by atoms with Crippen LogP contribution in [0.1, 0.15) is 64.3 Å². The van der Waals surface area contributed by atoms with Crippen molar-refractivity contribution in [2.24, 2.45) is 5.41 Å². The van der Waals surface area contributed by atoms with Crippen molar-refractivity contribution < 1.29 is 4.39 Å². The topological polar surface area (TPSA) is 39.1 Å². The summed E-state index contributed by atoms with van der Waals surface area (Å²) >= 11 is 0. The molecular formula is C18H30FN3. The van der Waals surface area contributed by atoms with Crippen molar-refractivity contribution >= 4 is 5.84 Å². The molecule has 22 heavy (non-hydrogen) atoms. The van der Waals surface area contributed by atoms with Crippen LogP contribution in [0.3, 0.4) is 0 Å². The summed E-state index contributed by atoms with van der Waals surface area (Å²) in [4.78, 5) is 1.90. The Bertz CT molecular complexity index is 518. The van der Waals surface area contributed by atoms with E-state index in [2.05, 4.69) is 19.2 Å². The van der Waals surface area contributed by atoms with Crippen LogP contribution in [0.5, 0.6) is 0 Å². The molecule has 0 amide bonds. The predicted octanol–water partition coefficient (Wildman–Crippen LogP) is 4.51. The van der Waals surface area contributed by atoms with E-state index in [-0.39, 0.29) is 17.4 Å². The van der Waals surface area contributed by atoms with E-state index < -0.39 is 0 Å². The third-order valence-corrected chi connectivity index (χ3v) is 4.04. The Hall–Kier alpha value is -1.42. The van der Waals surface area contributed by atoms with Crippen LogP contribution in [0.25, 0.3) is 0 Å². The van der Waals surface area contributed by atoms with E-state index in [0.29, 0.717) is 17.3 Å². The quantitative estimate of drug-likeness (QED) is 0.477. The first-order valence-corrected chi connectivity index (χ1v) is 7.89. The summed E-state index contributed by atoms with van der Waals surface area (Å²) in [6.07, 6.45) is 0.666. The minimum atomic E-state index is -0.351. The highest BCUT2D eigenvalue weighted by Crippen LogP contribution is 2.27. The number of hydrogen-bond acceptors (Lipinski definition) is 2. The summed E-state index contributed by atoms with van der Waals surface area (Å²) < 4.78 is 14.4. The maximum Gasteiger partial charge on any atom is 0.129 e. The number of hydrogen-bond donors (Lipinski definition) is 2. The van der Waals surface area contributed by atoms with E-state index in [1.54, 1.807) is 0 Å². The molecule has 2 unspecified atom stereocenters. The molecule has 0 aliphatic carbocycles. The molecule has 0 aromatic heterocycles. The standard InChI is InChI=1S/C18H30FN3/c1-8-12(2)13-9-10-15(19)14(11-13)16(22(6)7)21-17(20)18(3,4)5/h9-12,16H,8H2,1-7H3,(H2,20,21). The molecule has 3 nitrogen and oxygen atoms in total. The molecule has 0 saturated carbocycles. The molecule has 2 N–H and O–H groups in total. The van der Waals surface area contributed by atoms with Gasteiger partial charge >= 0.3 is 0 Å². The molecule has 124 valence electrons. The Kier molecular flexibility index (Phi) is 6.12. The smallest absolute Gasteiger partial charge is 0.129 e. The van der Waals surface area contributed by atoms with E-state index in [1.165, 1.54) is 6.07 Å². The van der Waals surface area contributed by atoms with Crippen molar-refractivity contribution in [3.05, 3.63) is 35.1 Å². The van der Waals surface area contributed by atoms with Gasteiger partial charge < -0.3 is 5.32 Å². The number of nitrogens with one attached hydrogen (secondary N) is 2. The van der Waals surface area contributed by atoms with Crippen molar-refractivity contribution in [1.29, 1.82) is 5.41 Å². The van der Waals surface area contributed by atoms with E-state index in [1.807, 2.05) is 51.9 Å². The summed E-state index contributed by atoms with van der Waals surface area (Å²) in [6.45, 7) is 10.2. The van der Waals surface area contributed by atoms with Crippen molar-refractivity contribution in [2.45, 2.75) is 53.1 Å². The van der Waals surface area contributed by atoms with Gasteiger partial charge in [-0.25, -0.2) is 4.39 Å². The van der Waals surface area contributed by atoms with Crippen LogP contribution < -0.4 is 5.32 Å². The van der Waals surface area contributed by atoms with Gasteiger partial charge in [0.2, 0.25) is 0 Å². The molecule has 0 saturated heterocycles. The maximum absolute atomic E-state index is 14.4. The average Bonchev–Trinajstić information content (AvgIpc) is 2.43. The summed E-state index contributed by atoms with van der Waals surface area (Å²) in [7, 11) is 3.78. The van der Waals surface area contributed by atoms with Crippen molar-refractivity contribution in [2.75, 3.05) is 14.1 Å². The molecule has 1 rings (SSSR count). The molecule has 0 aliphatic rings. The second kappa shape index (κ2) is 7.23. The second-order valence-corrected chi connectivity index (χ2v) is 7.23. The number of nitrogens with zero attached hydrogens (tertiary/aromatic N) is 1. The molecule has 1 aromatic carbocycles. The highest BCUT2D eigenvalue weighted by atomic mass is 19.1. The van der Waals surface area contributed by atoms with Crippen molar-refractivity contribution in [3.8, 4) is 0 Å². The first-order valence-electron chi connectivity index (χ1n) is 7.89. The van der Waals surface area contributed by atoms with Crippen LogP contribution in [0, 0.1) is 16.6 Å². The minimum absolute atomic E-state index is 0.236. The molecule has 0 aliphatic heterocycles. The van der Waals surface area contributed by atoms with Gasteiger partial charge in [0.15, 0.2) is 0 Å². The van der Waals surface area contributed by atoms with Gasteiger partial charge in [0.1, 0.15) is 17.8 Å². The molecule has 1 aromatic rings. The number of halogens is 1. The largest absolute Gasteiger partial charge is 0.354 e. The van der Waals surface area contributed by atoms with Crippen LogP contribution in [0.15, 0.2) is 18.2 Å². The van der Waals surface area contributed by atoms with E-state index >= 15 is 0 Å². The number of benzene rings is 1. The fourth-order valence-electron chi connectivity index (χ4n) is 2.15. The van der Waals surface area contributed by atoms with Crippen LogP contribution in [-0.2, 0) is 0 Å². The zero-order valence-corrected chi connectivity index (χ0v) is 14.9. The Balaban J connectivity index is 3.18. The van der Waals surface area contributed by atoms with Gasteiger partial charge in [-0.1, -0.05) is 40.7 Å². The third kappa shape index (κ3) is 4.54. The Morgan fingerprint density at radius 2 is 1.91 bits per heavy atom. The fourth-order valence-corrected chi connectivity index (χ4v) is 2.15. The summed E-state index contributed by atoms with van der Waals surface area (Å²) in [5, 5.41) is 11.4. The molecular weight excluding hydrogens is 277 g/mol. The minimum Gasteiger partial charge on any atom is -0.354 e. The highest BCUT2D eigenvalue weighted by molar-refractivity contribution is 5.84. The van der Waals surface area contributed by atoms with Crippen molar-refractivity contribution in [1.82, 2.24) is 10.2 Å². The fraction of sp³-hybridized carbons (Fsp3) is 0.611. The van der Waals surface area contributed by atoms with Gasteiger partial charge in [-0.15, -0.1) is 0 Å². The SMILES string of the molecule is CCC(C)c1ccc(F)c(C(NC(=N)C(C)(C)C)N(C)C)c1. The van der Waals surface area contributed by atoms with E-state index in [4.69, 9.17) is 5.41 Å². The van der Waals surface area contributed by atoms with Crippen LogP contribution >= 0.6 is 0 Å². The van der Waals surface area contributed by atoms with Gasteiger partial charge in [-0.2, -0.15) is 0 Å². The van der Waals surface area contributed by atoms with Gasteiger partial charge in [-0.05, 0) is 44.1 Å². The lowest BCUT2D eigenvalue weighted by atomic mass is 9.93. The Morgan fingerprint density at radius 1 is 1.32 bits per heavy atom. The molecule has 2 atom stereocenters. The molecule has 0 heterocycles. The van der Waals surface area contributed by atoms with Gasteiger partial charge in [0.25, 0.3) is 0 Å². The maximum atomic E-state index is 14.4. The first-order chi connectivity index (χ1) is 10.1. The van der Waals surface area contributed by atoms with Crippen molar-refractivity contribution in [3.63, 3.8) is 0 Å². The number of rotatable bonds is 5. The Morgan fingerprint density at radius 3 is 2.36 bits per heavy atom. The van der Waals surface area contributed by atoms with Gasteiger partial charge in [0, 0.05) is 11.0 Å². The molecule has 4 heteroatoms. The molecule has 0 bridgehead atoms. The zero-order valence-electron chi connectivity index (χ0n) is 14.9.